The number of rotatable bonds is 3. The zero-order valence-electron chi connectivity index (χ0n) is 9.19. The number of carboxylic acid groups (broad SMARTS) is 1. The summed E-state index contributed by atoms with van der Waals surface area (Å²) < 4.78 is 4.80. The molecule has 0 radical (unpaired) electrons. The molecule has 5 heteroatoms. The van der Waals surface area contributed by atoms with Crippen LogP contribution in [0.15, 0.2) is 0 Å². The monoisotopic (exact) mass is 215 g/mol. The smallest absolute Gasteiger partial charge is 0.408 e. The van der Waals surface area contributed by atoms with Crippen LogP contribution in [0.5, 0.6) is 0 Å². The van der Waals surface area contributed by atoms with Crippen molar-refractivity contribution in [2.75, 3.05) is 0 Å². The van der Waals surface area contributed by atoms with Crippen molar-refractivity contribution in [1.82, 2.24) is 5.32 Å². The molecule has 1 aliphatic heterocycles. The van der Waals surface area contributed by atoms with E-state index in [9.17, 15) is 9.59 Å². The predicted octanol–water partition coefficient (Wildman–Crippen LogP) is 1.23. The Labute approximate surface area is 88.8 Å². The zero-order valence-corrected chi connectivity index (χ0v) is 9.19. The summed E-state index contributed by atoms with van der Waals surface area (Å²) in [5, 5.41) is 11.6. The van der Waals surface area contributed by atoms with Gasteiger partial charge in [-0.15, -0.1) is 0 Å². The number of cyclic esters (lactones) is 1. The van der Waals surface area contributed by atoms with E-state index in [2.05, 4.69) is 5.32 Å². The lowest BCUT2D eigenvalue weighted by Gasteiger charge is -2.38. The summed E-state index contributed by atoms with van der Waals surface area (Å²) in [5.41, 5.74) is 0. The van der Waals surface area contributed by atoms with E-state index in [1.807, 2.05) is 20.8 Å². The average Bonchev–Trinajstić information content (AvgIpc) is 2.15. The second kappa shape index (κ2) is 4.51. The van der Waals surface area contributed by atoms with E-state index in [0.717, 1.165) is 0 Å². The standard InChI is InChI=1S/C10H17NO4/c1-4-6-7(5(2)3)8(9(12)13)15-10(14)11-6/h5-8H,4H2,1-3H3,(H,11,14)(H,12,13)/t6-,7-,8-/m1/s1. The number of amides is 1. The second-order valence-corrected chi connectivity index (χ2v) is 4.14. The van der Waals surface area contributed by atoms with Gasteiger partial charge in [-0.25, -0.2) is 9.59 Å². The first-order chi connectivity index (χ1) is 6.97. The third-order valence-electron chi connectivity index (χ3n) is 2.80. The topological polar surface area (TPSA) is 75.6 Å². The van der Waals surface area contributed by atoms with Crippen LogP contribution in [0.4, 0.5) is 4.79 Å². The minimum Gasteiger partial charge on any atom is -0.478 e. The normalized spacial score (nSPS) is 30.9. The van der Waals surface area contributed by atoms with Crippen LogP contribution in [-0.2, 0) is 9.53 Å². The number of carboxylic acids is 1. The highest BCUT2D eigenvalue weighted by atomic mass is 16.6. The number of carbonyl (C=O) groups excluding carboxylic acids is 1. The molecular weight excluding hydrogens is 198 g/mol. The Balaban J connectivity index is 2.90. The quantitative estimate of drug-likeness (QED) is 0.742. The van der Waals surface area contributed by atoms with E-state index in [1.165, 1.54) is 0 Å². The average molecular weight is 215 g/mol. The summed E-state index contributed by atoms with van der Waals surface area (Å²) in [5.74, 6) is -1.09. The SMILES string of the molecule is CC[C@H]1NC(=O)O[C@@H](C(=O)O)[C@@H]1C(C)C. The molecule has 2 N–H and O–H groups in total. The van der Waals surface area contributed by atoms with E-state index in [0.29, 0.717) is 6.42 Å². The molecule has 0 aliphatic carbocycles. The molecular formula is C10H17NO4. The maximum absolute atomic E-state index is 11.1. The number of aliphatic carboxylic acids is 1. The maximum atomic E-state index is 11.1. The maximum Gasteiger partial charge on any atom is 0.408 e. The lowest BCUT2D eigenvalue weighted by molar-refractivity contribution is -0.154. The first-order valence-electron chi connectivity index (χ1n) is 5.17. The van der Waals surface area contributed by atoms with Crippen molar-refractivity contribution in [1.29, 1.82) is 0 Å². The van der Waals surface area contributed by atoms with Gasteiger partial charge in [0.05, 0.1) is 0 Å². The zero-order chi connectivity index (χ0) is 11.6. The third kappa shape index (κ3) is 2.40. The Bertz CT molecular complexity index is 264. The van der Waals surface area contributed by atoms with Crippen molar-refractivity contribution in [2.45, 2.75) is 39.3 Å². The van der Waals surface area contributed by atoms with E-state index < -0.39 is 18.2 Å². The van der Waals surface area contributed by atoms with Crippen LogP contribution in [0, 0.1) is 11.8 Å². The van der Waals surface area contributed by atoms with Gasteiger partial charge in [0.2, 0.25) is 6.10 Å². The molecule has 0 aromatic heterocycles. The number of hydrogen-bond acceptors (Lipinski definition) is 3. The summed E-state index contributed by atoms with van der Waals surface area (Å²) in [6.45, 7) is 5.79. The molecule has 86 valence electrons. The third-order valence-corrected chi connectivity index (χ3v) is 2.80. The van der Waals surface area contributed by atoms with Gasteiger partial charge in [0.15, 0.2) is 0 Å². The summed E-state index contributed by atoms with van der Waals surface area (Å²) in [6, 6.07) is -0.118. The highest BCUT2D eigenvalue weighted by Crippen LogP contribution is 2.27. The predicted molar refractivity (Wildman–Crippen MR) is 53.4 cm³/mol. The molecule has 1 saturated heterocycles. The molecule has 0 bridgehead atoms. The number of alkyl carbamates (subject to hydrolysis) is 1. The molecule has 1 fully saturated rings. The number of ether oxygens (including phenoxy) is 1. The van der Waals surface area contributed by atoms with Crippen molar-refractivity contribution in [2.24, 2.45) is 11.8 Å². The van der Waals surface area contributed by atoms with Crippen LogP contribution in [0.1, 0.15) is 27.2 Å². The van der Waals surface area contributed by atoms with Crippen molar-refractivity contribution < 1.29 is 19.4 Å². The highest BCUT2D eigenvalue weighted by molar-refractivity contribution is 5.79. The van der Waals surface area contributed by atoms with E-state index in [4.69, 9.17) is 9.84 Å². The molecule has 3 atom stereocenters. The van der Waals surface area contributed by atoms with E-state index in [1.54, 1.807) is 0 Å². The van der Waals surface area contributed by atoms with Crippen molar-refractivity contribution in [3.63, 3.8) is 0 Å². The Morgan fingerprint density at radius 1 is 1.60 bits per heavy atom. The van der Waals surface area contributed by atoms with Gasteiger partial charge in [-0.05, 0) is 12.3 Å². The molecule has 0 aromatic rings. The molecule has 15 heavy (non-hydrogen) atoms. The minimum absolute atomic E-state index is 0.118. The largest absolute Gasteiger partial charge is 0.478 e. The van der Waals surface area contributed by atoms with Crippen LogP contribution in [0.2, 0.25) is 0 Å². The second-order valence-electron chi connectivity index (χ2n) is 4.14. The van der Waals surface area contributed by atoms with Gasteiger partial charge in [0.1, 0.15) is 0 Å². The van der Waals surface area contributed by atoms with Crippen molar-refractivity contribution in [3.05, 3.63) is 0 Å². The fourth-order valence-electron chi connectivity index (χ4n) is 2.09. The van der Waals surface area contributed by atoms with Gasteiger partial charge in [-0.2, -0.15) is 0 Å². The molecule has 0 aromatic carbocycles. The fourth-order valence-corrected chi connectivity index (χ4v) is 2.09. The molecule has 0 unspecified atom stereocenters. The van der Waals surface area contributed by atoms with Crippen molar-refractivity contribution in [3.8, 4) is 0 Å². The Morgan fingerprint density at radius 2 is 2.20 bits per heavy atom. The van der Waals surface area contributed by atoms with Gasteiger partial charge < -0.3 is 15.2 Å². The van der Waals surface area contributed by atoms with Gasteiger partial charge in [-0.1, -0.05) is 20.8 Å². The fraction of sp³-hybridized carbons (Fsp3) is 0.800. The number of hydrogen-bond donors (Lipinski definition) is 2. The minimum atomic E-state index is -1.07. The van der Waals surface area contributed by atoms with Crippen LogP contribution >= 0.6 is 0 Å². The van der Waals surface area contributed by atoms with Crippen LogP contribution in [0.25, 0.3) is 0 Å². The van der Waals surface area contributed by atoms with Crippen molar-refractivity contribution >= 4 is 12.1 Å². The molecule has 0 spiro atoms. The Morgan fingerprint density at radius 3 is 2.60 bits per heavy atom. The first kappa shape index (κ1) is 11.8. The van der Waals surface area contributed by atoms with Gasteiger partial charge in [0, 0.05) is 12.0 Å². The lowest BCUT2D eigenvalue weighted by Crippen LogP contribution is -2.56. The molecule has 1 amide bonds. The Hall–Kier alpha value is -1.26. The summed E-state index contributed by atoms with van der Waals surface area (Å²) >= 11 is 0. The number of nitrogens with one attached hydrogen (secondary N) is 1. The molecule has 1 heterocycles. The van der Waals surface area contributed by atoms with E-state index in [-0.39, 0.29) is 17.9 Å². The van der Waals surface area contributed by atoms with Crippen LogP contribution < -0.4 is 5.32 Å². The Kier molecular flexibility index (Phi) is 3.55. The lowest BCUT2D eigenvalue weighted by atomic mass is 9.81. The first-order valence-corrected chi connectivity index (χ1v) is 5.17. The van der Waals surface area contributed by atoms with Gasteiger partial charge in [0.25, 0.3) is 0 Å². The number of carbonyl (C=O) groups is 2. The van der Waals surface area contributed by atoms with Gasteiger partial charge in [-0.3, -0.25) is 0 Å². The van der Waals surface area contributed by atoms with Gasteiger partial charge >= 0.3 is 12.1 Å². The van der Waals surface area contributed by atoms with Crippen LogP contribution in [-0.4, -0.2) is 29.3 Å². The molecule has 1 aliphatic rings. The summed E-state index contributed by atoms with van der Waals surface area (Å²) in [4.78, 5) is 22.1. The molecule has 1 rings (SSSR count). The molecule has 0 saturated carbocycles. The molecule has 5 nitrogen and oxygen atoms in total. The summed E-state index contributed by atoms with van der Waals surface area (Å²) in [7, 11) is 0. The van der Waals surface area contributed by atoms with E-state index >= 15 is 0 Å². The highest BCUT2D eigenvalue weighted by Gasteiger charge is 2.43. The summed E-state index contributed by atoms with van der Waals surface area (Å²) in [6.07, 6.45) is -0.947. The van der Waals surface area contributed by atoms with Crippen LogP contribution in [0.3, 0.4) is 0 Å².